The fourth-order valence-corrected chi connectivity index (χ4v) is 2.98. The maximum Gasteiger partial charge on any atom is 0.168 e. The normalized spacial score (nSPS) is 10.5. The molecule has 88 valence electrons. The summed E-state index contributed by atoms with van der Waals surface area (Å²) in [5.41, 5.74) is 1.32. The van der Waals surface area contributed by atoms with E-state index >= 15 is 0 Å². The summed E-state index contributed by atoms with van der Waals surface area (Å²) in [6.45, 7) is 0. The molecule has 1 heterocycles. The van der Waals surface area contributed by atoms with Crippen molar-refractivity contribution >= 4 is 49.0 Å². The lowest BCUT2D eigenvalue weighted by Crippen LogP contribution is -2.03. The van der Waals surface area contributed by atoms with Crippen molar-refractivity contribution in [1.29, 1.82) is 0 Å². The second-order valence-electron chi connectivity index (χ2n) is 3.45. The van der Waals surface area contributed by atoms with Gasteiger partial charge in [0, 0.05) is 17.4 Å². The molecule has 0 aliphatic rings. The second-order valence-corrected chi connectivity index (χ2v) is 6.54. The number of hydrogen-bond acceptors (Lipinski definition) is 2. The van der Waals surface area contributed by atoms with Crippen LogP contribution in [0.25, 0.3) is 0 Å². The Morgan fingerprint density at radius 1 is 1.35 bits per heavy atom. The van der Waals surface area contributed by atoms with Gasteiger partial charge in [-0.3, -0.25) is 4.79 Å². The Hall–Kier alpha value is -0.520. The largest absolute Gasteiger partial charge is 0.294 e. The molecule has 1 aromatic carbocycles. The maximum atomic E-state index is 13.3. The van der Waals surface area contributed by atoms with Gasteiger partial charge in [-0.2, -0.15) is 0 Å². The lowest BCUT2D eigenvalue weighted by molar-refractivity contribution is 0.0993. The number of ketones is 1. The van der Waals surface area contributed by atoms with Crippen molar-refractivity contribution in [3.05, 3.63) is 54.8 Å². The highest BCUT2D eigenvalue weighted by atomic mass is 79.9. The predicted octanol–water partition coefficient (Wildman–Crippen LogP) is 4.84. The molecule has 1 aromatic heterocycles. The highest BCUT2D eigenvalue weighted by Gasteiger charge is 2.12. The zero-order chi connectivity index (χ0) is 12.4. The summed E-state index contributed by atoms with van der Waals surface area (Å²) in [6.07, 6.45) is 0.196. The molecule has 17 heavy (non-hydrogen) atoms. The number of halogens is 3. The van der Waals surface area contributed by atoms with E-state index in [1.165, 1.54) is 17.4 Å². The molecular formula is C12H7Br2FOS. The van der Waals surface area contributed by atoms with Crippen LogP contribution in [-0.4, -0.2) is 5.78 Å². The quantitative estimate of drug-likeness (QED) is 0.699. The van der Waals surface area contributed by atoms with E-state index in [0.29, 0.717) is 15.6 Å². The summed E-state index contributed by atoms with van der Waals surface area (Å²) in [5.74, 6) is -0.361. The molecule has 2 rings (SSSR count). The van der Waals surface area contributed by atoms with Gasteiger partial charge in [-0.05, 0) is 49.6 Å². The van der Waals surface area contributed by atoms with Crippen molar-refractivity contribution in [1.82, 2.24) is 0 Å². The number of rotatable bonds is 3. The van der Waals surface area contributed by atoms with Crippen LogP contribution in [0.1, 0.15) is 15.9 Å². The Morgan fingerprint density at radius 2 is 2.12 bits per heavy atom. The fraction of sp³-hybridized carbons (Fsp3) is 0.0833. The van der Waals surface area contributed by atoms with E-state index in [0.717, 1.165) is 3.79 Å². The Morgan fingerprint density at radius 3 is 2.76 bits per heavy atom. The van der Waals surface area contributed by atoms with Gasteiger partial charge in [0.15, 0.2) is 5.78 Å². The number of carbonyl (C=O) groups excluding carboxylic acids is 1. The third-order valence-corrected chi connectivity index (χ3v) is 4.66. The molecule has 0 aliphatic heterocycles. The van der Waals surface area contributed by atoms with E-state index in [1.807, 2.05) is 0 Å². The summed E-state index contributed by atoms with van der Waals surface area (Å²) >= 11 is 7.92. The first-order valence-corrected chi connectivity index (χ1v) is 7.24. The first kappa shape index (κ1) is 12.9. The van der Waals surface area contributed by atoms with E-state index in [1.54, 1.807) is 23.6 Å². The molecule has 0 bridgehead atoms. The minimum Gasteiger partial charge on any atom is -0.294 e. The Bertz CT molecular complexity index is 565. The molecule has 0 saturated carbocycles. The minimum absolute atomic E-state index is 0.0155. The van der Waals surface area contributed by atoms with E-state index in [-0.39, 0.29) is 18.0 Å². The summed E-state index contributed by atoms with van der Waals surface area (Å²) in [7, 11) is 0. The average molecular weight is 378 g/mol. The van der Waals surface area contributed by atoms with Gasteiger partial charge in [-0.1, -0.05) is 12.1 Å². The number of hydrogen-bond donors (Lipinski definition) is 0. The average Bonchev–Trinajstić information content (AvgIpc) is 2.72. The zero-order valence-corrected chi connectivity index (χ0v) is 12.5. The van der Waals surface area contributed by atoms with E-state index in [9.17, 15) is 9.18 Å². The van der Waals surface area contributed by atoms with Crippen molar-refractivity contribution in [2.75, 3.05) is 0 Å². The molecule has 0 fully saturated rings. The summed E-state index contributed by atoms with van der Waals surface area (Å²) in [6, 6.07) is 6.48. The molecule has 1 nitrogen and oxygen atoms in total. The van der Waals surface area contributed by atoms with Gasteiger partial charge >= 0.3 is 0 Å². The summed E-state index contributed by atoms with van der Waals surface area (Å²) in [5, 5.41) is 1.79. The smallest absolute Gasteiger partial charge is 0.168 e. The van der Waals surface area contributed by atoms with Crippen LogP contribution in [0.3, 0.4) is 0 Å². The van der Waals surface area contributed by atoms with Crippen molar-refractivity contribution in [3.8, 4) is 0 Å². The second kappa shape index (κ2) is 5.42. The zero-order valence-electron chi connectivity index (χ0n) is 8.54. The van der Waals surface area contributed by atoms with Crippen molar-refractivity contribution < 1.29 is 9.18 Å². The Kier molecular flexibility index (Phi) is 4.12. The van der Waals surface area contributed by atoms with Gasteiger partial charge in [0.2, 0.25) is 0 Å². The molecular weight excluding hydrogens is 371 g/mol. The van der Waals surface area contributed by atoms with Gasteiger partial charge in [0.1, 0.15) is 5.82 Å². The molecule has 0 aliphatic carbocycles. The molecule has 0 amide bonds. The van der Waals surface area contributed by atoms with Crippen LogP contribution in [0.15, 0.2) is 37.9 Å². The summed E-state index contributed by atoms with van der Waals surface area (Å²) < 4.78 is 14.6. The van der Waals surface area contributed by atoms with Crippen LogP contribution >= 0.6 is 43.2 Å². The fourth-order valence-electron chi connectivity index (χ4n) is 1.42. The van der Waals surface area contributed by atoms with E-state index in [2.05, 4.69) is 31.9 Å². The van der Waals surface area contributed by atoms with Crippen LogP contribution < -0.4 is 0 Å². The van der Waals surface area contributed by atoms with Crippen LogP contribution in [0.2, 0.25) is 0 Å². The number of carbonyl (C=O) groups is 1. The highest BCUT2D eigenvalue weighted by Crippen LogP contribution is 2.25. The topological polar surface area (TPSA) is 17.1 Å². The number of thiophene rings is 1. The van der Waals surface area contributed by atoms with Gasteiger partial charge < -0.3 is 0 Å². The van der Waals surface area contributed by atoms with E-state index < -0.39 is 0 Å². The van der Waals surface area contributed by atoms with Crippen molar-refractivity contribution in [3.63, 3.8) is 0 Å². The SMILES string of the molecule is O=C(Cc1cccc(F)c1Br)c1csc(Br)c1. The third kappa shape index (κ3) is 3.03. The monoisotopic (exact) mass is 376 g/mol. The number of Topliss-reactive ketones (excluding diaryl/α,β-unsaturated/α-hetero) is 1. The molecule has 2 aromatic rings. The molecule has 0 unspecified atom stereocenters. The molecule has 0 saturated heterocycles. The van der Waals surface area contributed by atoms with Crippen LogP contribution in [0.5, 0.6) is 0 Å². The standard InChI is InChI=1S/C12H7Br2FOS/c13-11-5-8(6-17-11)10(16)4-7-2-1-3-9(15)12(7)14/h1-3,5-6H,4H2. The molecule has 5 heteroatoms. The van der Waals surface area contributed by atoms with Crippen molar-refractivity contribution in [2.24, 2.45) is 0 Å². The van der Waals surface area contributed by atoms with Crippen LogP contribution in [-0.2, 0) is 6.42 Å². The number of benzene rings is 1. The Labute approximate surface area is 119 Å². The van der Waals surface area contributed by atoms with Gasteiger partial charge in [-0.15, -0.1) is 11.3 Å². The lowest BCUT2D eigenvalue weighted by atomic mass is 10.1. The lowest BCUT2D eigenvalue weighted by Gasteiger charge is -2.03. The minimum atomic E-state index is -0.346. The van der Waals surface area contributed by atoms with Crippen LogP contribution in [0, 0.1) is 5.82 Å². The van der Waals surface area contributed by atoms with Gasteiger partial charge in [-0.25, -0.2) is 4.39 Å². The molecule has 0 spiro atoms. The molecule has 0 N–H and O–H groups in total. The first-order chi connectivity index (χ1) is 8.08. The maximum absolute atomic E-state index is 13.3. The third-order valence-electron chi connectivity index (χ3n) is 2.27. The van der Waals surface area contributed by atoms with Crippen molar-refractivity contribution in [2.45, 2.75) is 6.42 Å². The highest BCUT2D eigenvalue weighted by molar-refractivity contribution is 9.11. The molecule has 0 radical (unpaired) electrons. The van der Waals surface area contributed by atoms with E-state index in [4.69, 9.17) is 0 Å². The van der Waals surface area contributed by atoms with Crippen LogP contribution in [0.4, 0.5) is 4.39 Å². The Balaban J connectivity index is 2.21. The first-order valence-electron chi connectivity index (χ1n) is 4.78. The van der Waals surface area contributed by atoms with Gasteiger partial charge in [0.05, 0.1) is 8.26 Å². The molecule has 0 atom stereocenters. The predicted molar refractivity (Wildman–Crippen MR) is 74.2 cm³/mol. The summed E-state index contributed by atoms with van der Waals surface area (Å²) in [4.78, 5) is 11.9. The van der Waals surface area contributed by atoms with Gasteiger partial charge in [0.25, 0.3) is 0 Å².